The lowest BCUT2D eigenvalue weighted by Gasteiger charge is -2.13. The van der Waals surface area contributed by atoms with Crippen molar-refractivity contribution in [3.63, 3.8) is 0 Å². The fraction of sp³-hybridized carbons (Fsp3) is 0.0870. The fourth-order valence-electron chi connectivity index (χ4n) is 3.01. The highest BCUT2D eigenvalue weighted by molar-refractivity contribution is 6.02. The van der Waals surface area contributed by atoms with Gasteiger partial charge in [-0.1, -0.05) is 36.4 Å². The Morgan fingerprint density at radius 3 is 2.52 bits per heavy atom. The molecular formula is C23H18N4O2. The van der Waals surface area contributed by atoms with Gasteiger partial charge in [-0.25, -0.2) is 0 Å². The zero-order valence-corrected chi connectivity index (χ0v) is 15.7. The SMILES string of the molecule is CC(Oc1ccccc1)C(=O)Nc1n[nH]c2cc(-c3ccc(C#N)cc3)ccc12. The maximum atomic E-state index is 12.5. The number of para-hydroxylation sites is 1. The van der Waals surface area contributed by atoms with E-state index in [9.17, 15) is 4.79 Å². The largest absolute Gasteiger partial charge is 0.481 e. The second kappa shape index (κ2) is 7.87. The molecule has 1 heterocycles. The van der Waals surface area contributed by atoms with Crippen LogP contribution in [0.1, 0.15) is 12.5 Å². The number of hydrogen-bond donors (Lipinski definition) is 2. The maximum Gasteiger partial charge on any atom is 0.266 e. The van der Waals surface area contributed by atoms with E-state index < -0.39 is 6.10 Å². The summed E-state index contributed by atoms with van der Waals surface area (Å²) < 4.78 is 5.66. The van der Waals surface area contributed by atoms with Crippen LogP contribution in [0.25, 0.3) is 22.0 Å². The molecule has 0 aliphatic carbocycles. The molecule has 0 bridgehead atoms. The van der Waals surface area contributed by atoms with Crippen molar-refractivity contribution < 1.29 is 9.53 Å². The van der Waals surface area contributed by atoms with Gasteiger partial charge in [0.15, 0.2) is 11.9 Å². The normalized spacial score (nSPS) is 11.6. The molecule has 6 heteroatoms. The smallest absolute Gasteiger partial charge is 0.266 e. The quantitative estimate of drug-likeness (QED) is 0.531. The first kappa shape index (κ1) is 18.3. The van der Waals surface area contributed by atoms with Crippen LogP contribution >= 0.6 is 0 Å². The number of anilines is 1. The first-order valence-corrected chi connectivity index (χ1v) is 9.15. The monoisotopic (exact) mass is 382 g/mol. The van der Waals surface area contributed by atoms with Crippen LogP contribution in [0.15, 0.2) is 72.8 Å². The summed E-state index contributed by atoms with van der Waals surface area (Å²) in [6.45, 7) is 1.69. The topological polar surface area (TPSA) is 90.8 Å². The Balaban J connectivity index is 1.51. The third kappa shape index (κ3) is 3.94. The molecule has 29 heavy (non-hydrogen) atoms. The summed E-state index contributed by atoms with van der Waals surface area (Å²) in [5.74, 6) is 0.812. The number of aromatic nitrogens is 2. The number of fused-ring (bicyclic) bond motifs is 1. The third-order valence-electron chi connectivity index (χ3n) is 4.58. The molecule has 1 aromatic heterocycles. The number of aromatic amines is 1. The molecule has 1 unspecified atom stereocenters. The highest BCUT2D eigenvalue weighted by atomic mass is 16.5. The highest BCUT2D eigenvalue weighted by Gasteiger charge is 2.17. The van der Waals surface area contributed by atoms with Gasteiger partial charge in [-0.15, -0.1) is 0 Å². The Labute approximate surface area is 167 Å². The van der Waals surface area contributed by atoms with Gasteiger partial charge in [-0.2, -0.15) is 10.4 Å². The predicted molar refractivity (Wildman–Crippen MR) is 111 cm³/mol. The molecule has 1 atom stereocenters. The van der Waals surface area contributed by atoms with Crippen molar-refractivity contribution in [2.45, 2.75) is 13.0 Å². The van der Waals surface area contributed by atoms with Crippen molar-refractivity contribution in [2.75, 3.05) is 5.32 Å². The Hall–Kier alpha value is -4.11. The van der Waals surface area contributed by atoms with Crippen molar-refractivity contribution >= 4 is 22.6 Å². The summed E-state index contributed by atoms with van der Waals surface area (Å²) >= 11 is 0. The van der Waals surface area contributed by atoms with Crippen LogP contribution in [0.3, 0.4) is 0 Å². The summed E-state index contributed by atoms with van der Waals surface area (Å²) in [6, 6.07) is 24.5. The van der Waals surface area contributed by atoms with E-state index in [0.717, 1.165) is 22.0 Å². The summed E-state index contributed by atoms with van der Waals surface area (Å²) in [5.41, 5.74) is 3.41. The number of nitrogens with one attached hydrogen (secondary N) is 2. The second-order valence-electron chi connectivity index (χ2n) is 6.58. The number of carbonyl (C=O) groups excluding carboxylic acids is 1. The van der Waals surface area contributed by atoms with Gasteiger partial charge in [0.2, 0.25) is 0 Å². The maximum absolute atomic E-state index is 12.5. The molecule has 142 valence electrons. The Morgan fingerprint density at radius 1 is 1.07 bits per heavy atom. The Morgan fingerprint density at radius 2 is 1.79 bits per heavy atom. The predicted octanol–water partition coefficient (Wildman–Crippen LogP) is 4.51. The first-order chi connectivity index (χ1) is 14.1. The van der Waals surface area contributed by atoms with Gasteiger partial charge in [0.1, 0.15) is 5.75 Å². The summed E-state index contributed by atoms with van der Waals surface area (Å²) in [7, 11) is 0. The minimum Gasteiger partial charge on any atom is -0.481 e. The molecule has 4 rings (SSSR count). The van der Waals surface area contributed by atoms with E-state index in [-0.39, 0.29) is 5.91 Å². The number of carbonyl (C=O) groups is 1. The highest BCUT2D eigenvalue weighted by Crippen LogP contribution is 2.27. The van der Waals surface area contributed by atoms with E-state index >= 15 is 0 Å². The van der Waals surface area contributed by atoms with Gasteiger partial charge in [0.05, 0.1) is 17.1 Å². The van der Waals surface area contributed by atoms with Crippen molar-refractivity contribution in [2.24, 2.45) is 0 Å². The zero-order chi connectivity index (χ0) is 20.2. The molecular weight excluding hydrogens is 364 g/mol. The van der Waals surface area contributed by atoms with E-state index in [4.69, 9.17) is 10.00 Å². The lowest BCUT2D eigenvalue weighted by molar-refractivity contribution is -0.122. The van der Waals surface area contributed by atoms with E-state index in [1.165, 1.54) is 0 Å². The molecule has 0 fully saturated rings. The number of H-pyrrole nitrogens is 1. The van der Waals surface area contributed by atoms with E-state index in [1.807, 2.05) is 48.5 Å². The fourth-order valence-corrected chi connectivity index (χ4v) is 3.01. The minimum atomic E-state index is -0.665. The van der Waals surface area contributed by atoms with E-state index in [2.05, 4.69) is 21.6 Å². The number of nitriles is 1. The molecule has 0 aliphatic rings. The molecule has 6 nitrogen and oxygen atoms in total. The van der Waals surface area contributed by atoms with E-state index in [1.54, 1.807) is 31.2 Å². The van der Waals surface area contributed by atoms with Crippen molar-refractivity contribution in [1.29, 1.82) is 5.26 Å². The number of benzene rings is 3. The van der Waals surface area contributed by atoms with Gasteiger partial charge in [-0.3, -0.25) is 9.89 Å². The summed E-state index contributed by atoms with van der Waals surface area (Å²) in [6.07, 6.45) is -0.665. The molecule has 4 aromatic rings. The van der Waals surface area contributed by atoms with Crippen LogP contribution in [0.2, 0.25) is 0 Å². The zero-order valence-electron chi connectivity index (χ0n) is 15.7. The number of hydrogen-bond acceptors (Lipinski definition) is 4. The van der Waals surface area contributed by atoms with Gasteiger partial charge in [0, 0.05) is 5.39 Å². The molecule has 2 N–H and O–H groups in total. The summed E-state index contributed by atoms with van der Waals surface area (Å²) in [4.78, 5) is 12.5. The molecule has 0 saturated heterocycles. The first-order valence-electron chi connectivity index (χ1n) is 9.15. The number of nitrogens with zero attached hydrogens (tertiary/aromatic N) is 2. The van der Waals surface area contributed by atoms with Crippen LogP contribution in [0.4, 0.5) is 5.82 Å². The van der Waals surface area contributed by atoms with Gasteiger partial charge in [-0.05, 0) is 54.4 Å². The number of amides is 1. The average Bonchev–Trinajstić information content (AvgIpc) is 3.16. The minimum absolute atomic E-state index is 0.279. The van der Waals surface area contributed by atoms with Gasteiger partial charge >= 0.3 is 0 Å². The molecule has 0 aliphatic heterocycles. The lowest BCUT2D eigenvalue weighted by Crippen LogP contribution is -2.30. The molecule has 1 amide bonds. The number of rotatable bonds is 5. The van der Waals surface area contributed by atoms with Crippen LogP contribution in [-0.4, -0.2) is 22.2 Å². The van der Waals surface area contributed by atoms with Crippen LogP contribution in [-0.2, 0) is 4.79 Å². The van der Waals surface area contributed by atoms with Gasteiger partial charge in [0.25, 0.3) is 5.91 Å². The van der Waals surface area contributed by atoms with Crippen molar-refractivity contribution in [1.82, 2.24) is 10.2 Å². The average molecular weight is 382 g/mol. The molecule has 0 saturated carbocycles. The van der Waals surface area contributed by atoms with Gasteiger partial charge < -0.3 is 10.1 Å². The Bertz CT molecular complexity index is 1190. The van der Waals surface area contributed by atoms with Crippen LogP contribution < -0.4 is 10.1 Å². The molecule has 3 aromatic carbocycles. The van der Waals surface area contributed by atoms with Crippen molar-refractivity contribution in [3.05, 3.63) is 78.4 Å². The second-order valence-corrected chi connectivity index (χ2v) is 6.58. The Kier molecular flexibility index (Phi) is 4.95. The number of ether oxygens (including phenoxy) is 1. The third-order valence-corrected chi connectivity index (χ3v) is 4.58. The standard InChI is InChI=1S/C23H18N4O2/c1-15(29-19-5-3-2-4-6-19)23(28)25-22-20-12-11-18(13-21(20)26-27-22)17-9-7-16(14-24)8-10-17/h2-13,15H,1H3,(H2,25,26,27,28). The van der Waals surface area contributed by atoms with E-state index in [0.29, 0.717) is 17.1 Å². The lowest BCUT2D eigenvalue weighted by atomic mass is 10.0. The molecule has 0 radical (unpaired) electrons. The molecule has 0 spiro atoms. The van der Waals surface area contributed by atoms with Crippen LogP contribution in [0, 0.1) is 11.3 Å². The van der Waals surface area contributed by atoms with Crippen molar-refractivity contribution in [3.8, 4) is 22.9 Å². The summed E-state index contributed by atoms with van der Waals surface area (Å²) in [5, 5.41) is 19.7. The van der Waals surface area contributed by atoms with Crippen LogP contribution in [0.5, 0.6) is 5.75 Å².